The molecule has 0 rings (SSSR count). The third-order valence-electron chi connectivity index (χ3n) is 18.6. The van der Waals surface area contributed by atoms with Gasteiger partial charge in [0.15, 0.2) is 0 Å². The van der Waals surface area contributed by atoms with Crippen LogP contribution in [-0.2, 0) is 55.2 Å². The number of hydrogen-bond donors (Lipinski definition) is 0. The van der Waals surface area contributed by atoms with Crippen LogP contribution in [0.25, 0.3) is 0 Å². The van der Waals surface area contributed by atoms with Gasteiger partial charge in [0.1, 0.15) is 0 Å². The predicted octanol–water partition coefficient (Wildman–Crippen LogP) is 28.4. The molecule has 0 aromatic rings. The fourth-order valence-corrected chi connectivity index (χ4v) is 12.5. The molecule has 8 nitrogen and oxygen atoms in total. The maximum Gasteiger partial charge on any atom is 0.0480 e. The largest absolute Gasteiger partial charge is 0.653 e. The first-order valence-electron chi connectivity index (χ1n) is 41.6. The van der Waals surface area contributed by atoms with E-state index in [4.69, 9.17) is 0 Å². The molecule has 1 radical (unpaired) electrons. The Morgan fingerprint density at radius 2 is 0.215 bits per heavy atom. The number of rotatable bonds is 80. The Kier molecular flexibility index (Phi) is 114. The van der Waals surface area contributed by atoms with E-state index in [1.54, 1.807) is 0 Å². The molecule has 0 aromatic carbocycles. The van der Waals surface area contributed by atoms with Gasteiger partial charge in [0.05, 0.1) is 0 Å². The smallest absolute Gasteiger partial charge is 0.0480 e. The van der Waals surface area contributed by atoms with Crippen molar-refractivity contribution in [2.24, 2.45) is 0 Å². The number of ether oxygens (including phenoxy) is 4. The van der Waals surface area contributed by atoms with E-state index in [9.17, 15) is 19.2 Å². The van der Waals surface area contributed by atoms with Crippen molar-refractivity contribution in [2.75, 3.05) is 26.4 Å². The van der Waals surface area contributed by atoms with Crippen molar-refractivity contribution < 1.29 is 55.2 Å². The maximum atomic E-state index is 9.84. The molecule has 0 saturated carbocycles. The first-order valence-corrected chi connectivity index (χ1v) is 41.6. The van der Waals surface area contributed by atoms with Crippen molar-refractivity contribution in [3.05, 3.63) is 0 Å². The van der Waals surface area contributed by atoms with Crippen LogP contribution in [0.4, 0.5) is 0 Å². The van der Waals surface area contributed by atoms with E-state index in [1.165, 1.54) is 463 Å². The maximum absolute atomic E-state index is 9.84. The average Bonchev–Trinajstić information content (AvgIpc) is 3.57. The molecule has 0 amide bonds. The van der Waals surface area contributed by atoms with Gasteiger partial charge in [0.2, 0.25) is 0 Å². The molecule has 0 aliphatic carbocycles. The van der Waals surface area contributed by atoms with Crippen LogP contribution in [0.2, 0.25) is 0 Å². The Bertz CT molecular complexity index is 1060. The van der Waals surface area contributed by atoms with Crippen LogP contribution < -0.4 is 0 Å². The third kappa shape index (κ3) is 115. The Morgan fingerprint density at radius 1 is 0.140 bits per heavy atom. The van der Waals surface area contributed by atoms with Crippen LogP contribution in [0.15, 0.2) is 0 Å². The van der Waals surface area contributed by atoms with Gasteiger partial charge >= 0.3 is 0 Å². The summed E-state index contributed by atoms with van der Waals surface area (Å²) < 4.78 is 18.2. The van der Waals surface area contributed by atoms with Gasteiger partial charge in [-0.05, 0) is 25.7 Å². The fourth-order valence-electron chi connectivity index (χ4n) is 12.5. The zero-order chi connectivity index (χ0) is 67.4. The van der Waals surface area contributed by atoms with Crippen molar-refractivity contribution in [2.45, 2.75) is 490 Å². The molecule has 93 heavy (non-hydrogen) atoms. The van der Waals surface area contributed by atoms with E-state index in [1.807, 2.05) is 0 Å². The minimum Gasteiger partial charge on any atom is -0.653 e. The van der Waals surface area contributed by atoms with Crippen molar-refractivity contribution >= 4 is 25.9 Å². The van der Waals surface area contributed by atoms with Gasteiger partial charge in [0.25, 0.3) is 0 Å². The first kappa shape index (κ1) is 100. The van der Waals surface area contributed by atoms with Crippen LogP contribution in [0.5, 0.6) is 0 Å². The molecular weight excluding hydrogens is 1200 g/mol. The minimum absolute atomic E-state index is 0. The summed E-state index contributed by atoms with van der Waals surface area (Å²) in [5, 5.41) is 0. The van der Waals surface area contributed by atoms with E-state index in [0.717, 1.165) is 25.7 Å². The summed E-state index contributed by atoms with van der Waals surface area (Å²) in [4.78, 5) is 39.4. The average molecular weight is 1370 g/mol. The number of carbonyl (C=O) groups excluding carboxylic acids is 4. The molecule has 0 saturated heterocycles. The van der Waals surface area contributed by atoms with Crippen molar-refractivity contribution in [1.82, 2.24) is 0 Å². The number of unbranched alkanes of at least 4 members (excludes halogenated alkanes) is 68. The van der Waals surface area contributed by atoms with Crippen molar-refractivity contribution in [3.63, 3.8) is 0 Å². The molecule has 0 N–H and O–H groups in total. The van der Waals surface area contributed by atoms with E-state index < -0.39 is 0 Å². The van der Waals surface area contributed by atoms with E-state index >= 15 is 0 Å². The Hall–Kier alpha value is -1.60. The molecule has 0 aliphatic rings. The van der Waals surface area contributed by atoms with Gasteiger partial charge in [-0.2, -0.15) is 0 Å². The molecule has 0 spiro atoms. The molecule has 563 valence electrons. The van der Waals surface area contributed by atoms with Crippen LogP contribution in [0.3, 0.4) is 0 Å². The summed E-state index contributed by atoms with van der Waals surface area (Å²) in [6.45, 7) is 17.2. The molecule has 0 heterocycles. The fraction of sp³-hybridized carbons (Fsp3) is 0.952. The van der Waals surface area contributed by atoms with Crippen molar-refractivity contribution in [1.29, 1.82) is 0 Å². The first-order chi connectivity index (χ1) is 45.7. The second-order valence-corrected chi connectivity index (χ2v) is 27.8. The van der Waals surface area contributed by atoms with Gasteiger partial charge in [0, 0.05) is 43.5 Å². The predicted molar refractivity (Wildman–Crippen MR) is 402 cm³/mol. The summed E-state index contributed by atoms with van der Waals surface area (Å²) >= 11 is 0. The van der Waals surface area contributed by atoms with E-state index in [2.05, 4.69) is 46.6 Å². The standard InChI is InChI=1S/4C21H41O2.Cu/c4*1-2-3-4-5-6-7-8-9-10-11-12-13-14-15-16-17-18-19-20-23-21-22;/h4*2-20H2,1H3;/q4*-1;. The minimum atomic E-state index is 0. The summed E-state index contributed by atoms with van der Waals surface area (Å²) in [6, 6.07) is 0. The monoisotopic (exact) mass is 1360 g/mol. The Morgan fingerprint density at radius 3 is 0.290 bits per heavy atom. The summed E-state index contributed by atoms with van der Waals surface area (Å²) in [6.07, 6.45) is 99.2. The third-order valence-corrected chi connectivity index (χ3v) is 18.6. The zero-order valence-corrected chi connectivity index (χ0v) is 64.2. The van der Waals surface area contributed by atoms with Crippen LogP contribution >= 0.6 is 0 Å². The Labute approximate surface area is 594 Å². The zero-order valence-electron chi connectivity index (χ0n) is 63.3. The number of hydrogen-bond acceptors (Lipinski definition) is 8. The SMILES string of the molecule is CCCCCCCCCCCCCCCCCCCCO[C-]=O.CCCCCCCCCCCCCCCCCCCCO[C-]=O.CCCCCCCCCCCCCCCCCCCCO[C-]=O.CCCCCCCCCCCCCCCCCCCCO[C-]=O.[Cu]. The van der Waals surface area contributed by atoms with Gasteiger partial charge in [-0.3, -0.25) is 0 Å². The second kappa shape index (κ2) is 106. The molecule has 0 atom stereocenters. The molecule has 0 bridgehead atoms. The van der Waals surface area contributed by atoms with E-state index in [0.29, 0.717) is 26.4 Å². The van der Waals surface area contributed by atoms with Gasteiger partial charge < -0.3 is 38.1 Å². The van der Waals surface area contributed by atoms with Gasteiger partial charge in [-0.15, -0.1) is 0 Å². The van der Waals surface area contributed by atoms with E-state index in [-0.39, 0.29) is 17.1 Å². The normalized spacial score (nSPS) is 10.7. The molecule has 0 fully saturated rings. The topological polar surface area (TPSA) is 105 Å². The van der Waals surface area contributed by atoms with Crippen LogP contribution in [0.1, 0.15) is 490 Å². The molecule has 0 unspecified atom stereocenters. The molecule has 0 aliphatic heterocycles. The molecule has 0 aromatic heterocycles. The van der Waals surface area contributed by atoms with Crippen molar-refractivity contribution in [3.8, 4) is 0 Å². The summed E-state index contributed by atoms with van der Waals surface area (Å²) in [5.41, 5.74) is 0. The van der Waals surface area contributed by atoms with Gasteiger partial charge in [-0.1, -0.05) is 490 Å². The van der Waals surface area contributed by atoms with Crippen LogP contribution in [0, 0.1) is 0 Å². The second-order valence-electron chi connectivity index (χ2n) is 27.8. The Balaban J connectivity index is -0.000000369. The van der Waals surface area contributed by atoms with Gasteiger partial charge in [-0.25, -0.2) is 0 Å². The molecule has 9 heteroatoms. The summed E-state index contributed by atoms with van der Waals surface area (Å²) in [7, 11) is 0. The molecular formula is C84H164CuO8-4. The van der Waals surface area contributed by atoms with Crippen LogP contribution in [-0.4, -0.2) is 52.3 Å². The quantitative estimate of drug-likeness (QED) is 0.0257. The summed E-state index contributed by atoms with van der Waals surface area (Å²) in [5.74, 6) is 0.